The number of alkyl halides is 2. The third kappa shape index (κ3) is 4.25. The highest BCUT2D eigenvalue weighted by atomic mass is 35.5. The van der Waals surface area contributed by atoms with Crippen LogP contribution < -0.4 is 9.64 Å². The lowest BCUT2D eigenvalue weighted by atomic mass is 10.1. The molecule has 1 amide bonds. The van der Waals surface area contributed by atoms with E-state index in [-0.39, 0.29) is 11.7 Å². The topological polar surface area (TPSA) is 32.8 Å². The maximum atomic E-state index is 12.6. The van der Waals surface area contributed by atoms with Crippen molar-refractivity contribution in [2.75, 3.05) is 31.1 Å². The van der Waals surface area contributed by atoms with Crippen LogP contribution in [0.4, 0.5) is 14.5 Å². The fraction of sp³-hybridized carbons (Fsp3) is 0.316. The number of piperazine rings is 1. The first-order valence-electron chi connectivity index (χ1n) is 8.29. The summed E-state index contributed by atoms with van der Waals surface area (Å²) >= 11 is 6.09. The summed E-state index contributed by atoms with van der Waals surface area (Å²) in [4.78, 5) is 16.6. The van der Waals surface area contributed by atoms with Crippen molar-refractivity contribution < 1.29 is 18.3 Å². The average Bonchev–Trinajstić information content (AvgIpc) is 2.63. The van der Waals surface area contributed by atoms with Crippen LogP contribution in [0.25, 0.3) is 0 Å². The Morgan fingerprint density at radius 2 is 1.73 bits per heavy atom. The third-order valence-electron chi connectivity index (χ3n) is 4.41. The second-order valence-electron chi connectivity index (χ2n) is 6.11. The maximum Gasteiger partial charge on any atom is 0.387 e. The van der Waals surface area contributed by atoms with Crippen molar-refractivity contribution in [3.8, 4) is 5.75 Å². The quantitative estimate of drug-likeness (QED) is 0.796. The predicted octanol–water partition coefficient (Wildman–Crippen LogP) is 4.21. The van der Waals surface area contributed by atoms with Crippen LogP contribution in [0.5, 0.6) is 5.75 Å². The number of carbonyl (C=O) groups excluding carboxylic acids is 1. The van der Waals surface area contributed by atoms with Gasteiger partial charge in [-0.05, 0) is 48.9 Å². The van der Waals surface area contributed by atoms with Crippen molar-refractivity contribution >= 4 is 23.2 Å². The molecule has 7 heteroatoms. The van der Waals surface area contributed by atoms with Gasteiger partial charge in [0.1, 0.15) is 5.75 Å². The van der Waals surface area contributed by atoms with Gasteiger partial charge in [-0.25, -0.2) is 0 Å². The molecule has 26 heavy (non-hydrogen) atoms. The number of anilines is 1. The van der Waals surface area contributed by atoms with Gasteiger partial charge in [-0.2, -0.15) is 8.78 Å². The first kappa shape index (κ1) is 18.5. The summed E-state index contributed by atoms with van der Waals surface area (Å²) in [5, 5.41) is 0.690. The maximum absolute atomic E-state index is 12.6. The first-order valence-corrected chi connectivity index (χ1v) is 8.67. The molecular weight excluding hydrogens is 362 g/mol. The average molecular weight is 381 g/mol. The minimum Gasteiger partial charge on any atom is -0.435 e. The number of hydrogen-bond acceptors (Lipinski definition) is 3. The molecule has 2 aromatic carbocycles. The van der Waals surface area contributed by atoms with Crippen molar-refractivity contribution in [2.24, 2.45) is 0 Å². The van der Waals surface area contributed by atoms with Gasteiger partial charge in [-0.15, -0.1) is 0 Å². The zero-order valence-electron chi connectivity index (χ0n) is 14.3. The van der Waals surface area contributed by atoms with Gasteiger partial charge >= 0.3 is 6.61 Å². The minimum absolute atomic E-state index is 0.0396. The van der Waals surface area contributed by atoms with E-state index < -0.39 is 6.61 Å². The molecule has 0 saturated carbocycles. The summed E-state index contributed by atoms with van der Waals surface area (Å²) < 4.78 is 28.7. The standard InChI is InChI=1S/C19H19ClF2N2O2/c1-13-2-5-15(20)12-17(13)23-8-10-24(11-9-23)18(25)14-3-6-16(7-4-14)26-19(21)22/h2-7,12,19H,8-11H2,1H3. The minimum atomic E-state index is -2.88. The number of aryl methyl sites for hydroxylation is 1. The monoisotopic (exact) mass is 380 g/mol. The lowest BCUT2D eigenvalue weighted by Crippen LogP contribution is -2.49. The van der Waals surface area contributed by atoms with E-state index in [1.54, 1.807) is 4.90 Å². The van der Waals surface area contributed by atoms with Gasteiger partial charge in [-0.3, -0.25) is 4.79 Å². The van der Waals surface area contributed by atoms with Gasteiger partial charge in [0.2, 0.25) is 0 Å². The Labute approximate surface area is 155 Å². The molecule has 0 bridgehead atoms. The summed E-state index contributed by atoms with van der Waals surface area (Å²) in [6, 6.07) is 11.6. The summed E-state index contributed by atoms with van der Waals surface area (Å²) in [7, 11) is 0. The zero-order valence-corrected chi connectivity index (χ0v) is 15.0. The van der Waals surface area contributed by atoms with Crippen molar-refractivity contribution in [1.29, 1.82) is 0 Å². The van der Waals surface area contributed by atoms with Crippen LogP contribution in [0.3, 0.4) is 0 Å². The molecule has 1 aliphatic heterocycles. The number of hydrogen-bond donors (Lipinski definition) is 0. The number of benzene rings is 2. The summed E-state index contributed by atoms with van der Waals surface area (Å²) in [6.07, 6.45) is 0. The zero-order chi connectivity index (χ0) is 18.7. The van der Waals surface area contributed by atoms with Gasteiger partial charge < -0.3 is 14.5 Å². The molecule has 0 unspecified atom stereocenters. The molecule has 138 valence electrons. The Kier molecular flexibility index (Phi) is 5.61. The van der Waals surface area contributed by atoms with Gasteiger partial charge in [0.15, 0.2) is 0 Å². The Hall–Kier alpha value is -2.34. The largest absolute Gasteiger partial charge is 0.435 e. The van der Waals surface area contributed by atoms with Crippen LogP contribution in [0, 0.1) is 6.92 Å². The highest BCUT2D eigenvalue weighted by Gasteiger charge is 2.23. The summed E-state index contributed by atoms with van der Waals surface area (Å²) in [5.41, 5.74) is 2.68. The highest BCUT2D eigenvalue weighted by molar-refractivity contribution is 6.30. The van der Waals surface area contributed by atoms with E-state index in [0.29, 0.717) is 36.8 Å². The lowest BCUT2D eigenvalue weighted by Gasteiger charge is -2.37. The van der Waals surface area contributed by atoms with Crippen molar-refractivity contribution in [3.05, 3.63) is 58.6 Å². The lowest BCUT2D eigenvalue weighted by molar-refractivity contribution is -0.0498. The number of nitrogens with zero attached hydrogens (tertiary/aromatic N) is 2. The van der Waals surface area contributed by atoms with Gasteiger partial charge in [0, 0.05) is 42.5 Å². The van der Waals surface area contributed by atoms with E-state index in [2.05, 4.69) is 9.64 Å². The summed E-state index contributed by atoms with van der Waals surface area (Å²) in [5.74, 6) is -0.0751. The Bertz CT molecular complexity index is 776. The van der Waals surface area contributed by atoms with Crippen molar-refractivity contribution in [1.82, 2.24) is 4.90 Å². The van der Waals surface area contributed by atoms with Crippen LogP contribution in [-0.2, 0) is 0 Å². The molecule has 0 N–H and O–H groups in total. The van der Waals surface area contributed by atoms with E-state index in [9.17, 15) is 13.6 Å². The van der Waals surface area contributed by atoms with Crippen LogP contribution in [0.1, 0.15) is 15.9 Å². The first-order chi connectivity index (χ1) is 12.4. The number of halogens is 3. The van der Waals surface area contributed by atoms with Gasteiger partial charge in [-0.1, -0.05) is 17.7 Å². The second kappa shape index (κ2) is 7.91. The van der Waals surface area contributed by atoms with E-state index in [0.717, 1.165) is 11.3 Å². The molecule has 1 aliphatic rings. The fourth-order valence-electron chi connectivity index (χ4n) is 3.04. The smallest absolute Gasteiger partial charge is 0.387 e. The molecule has 0 radical (unpaired) electrons. The number of ether oxygens (including phenoxy) is 1. The van der Waals surface area contributed by atoms with Crippen molar-refractivity contribution in [2.45, 2.75) is 13.5 Å². The molecule has 4 nitrogen and oxygen atoms in total. The molecule has 1 fully saturated rings. The Balaban J connectivity index is 1.62. The van der Waals surface area contributed by atoms with Crippen LogP contribution >= 0.6 is 11.6 Å². The predicted molar refractivity (Wildman–Crippen MR) is 97.4 cm³/mol. The van der Waals surface area contributed by atoms with Crippen LogP contribution in [-0.4, -0.2) is 43.6 Å². The van der Waals surface area contributed by atoms with Crippen LogP contribution in [0.15, 0.2) is 42.5 Å². The number of carbonyl (C=O) groups is 1. The molecule has 0 aromatic heterocycles. The van der Waals surface area contributed by atoms with E-state index in [1.807, 2.05) is 25.1 Å². The highest BCUT2D eigenvalue weighted by Crippen LogP contribution is 2.25. The van der Waals surface area contributed by atoms with Crippen LogP contribution in [0.2, 0.25) is 5.02 Å². The molecule has 0 aliphatic carbocycles. The van der Waals surface area contributed by atoms with Gasteiger partial charge in [0.05, 0.1) is 0 Å². The van der Waals surface area contributed by atoms with Crippen molar-refractivity contribution in [3.63, 3.8) is 0 Å². The summed E-state index contributed by atoms with van der Waals surface area (Å²) in [6.45, 7) is 1.74. The molecule has 0 spiro atoms. The van der Waals surface area contributed by atoms with Gasteiger partial charge in [0.25, 0.3) is 5.91 Å². The fourth-order valence-corrected chi connectivity index (χ4v) is 3.20. The molecule has 2 aromatic rings. The number of amides is 1. The molecule has 1 heterocycles. The third-order valence-corrected chi connectivity index (χ3v) is 4.64. The normalized spacial score (nSPS) is 14.7. The SMILES string of the molecule is Cc1ccc(Cl)cc1N1CCN(C(=O)c2ccc(OC(F)F)cc2)CC1. The van der Waals surface area contributed by atoms with E-state index in [4.69, 9.17) is 11.6 Å². The molecule has 3 rings (SSSR count). The molecular formula is C19H19ClF2N2O2. The molecule has 0 atom stereocenters. The second-order valence-corrected chi connectivity index (χ2v) is 6.55. The van der Waals surface area contributed by atoms with E-state index in [1.165, 1.54) is 24.3 Å². The number of rotatable bonds is 4. The van der Waals surface area contributed by atoms with E-state index >= 15 is 0 Å². The molecule has 1 saturated heterocycles. The Morgan fingerprint density at radius 3 is 2.35 bits per heavy atom. The Morgan fingerprint density at radius 1 is 1.08 bits per heavy atom.